The summed E-state index contributed by atoms with van der Waals surface area (Å²) in [6.07, 6.45) is 0.964. The van der Waals surface area contributed by atoms with Crippen LogP contribution in [0.3, 0.4) is 0 Å². The van der Waals surface area contributed by atoms with E-state index in [1.54, 1.807) is 7.05 Å². The van der Waals surface area contributed by atoms with Crippen molar-refractivity contribution in [2.45, 2.75) is 19.4 Å². The van der Waals surface area contributed by atoms with Crippen LogP contribution in [0.15, 0.2) is 29.3 Å². The van der Waals surface area contributed by atoms with Gasteiger partial charge in [-0.05, 0) is 38.1 Å². The first-order chi connectivity index (χ1) is 12.6. The zero-order valence-electron chi connectivity index (χ0n) is 16.5. The van der Waals surface area contributed by atoms with Crippen molar-refractivity contribution < 1.29 is 9.53 Å². The Hall–Kier alpha value is -1.39. The zero-order chi connectivity index (χ0) is 18.8. The number of ether oxygens (including phenoxy) is 1. The number of nitrogens with one attached hydrogen (secondary N) is 3. The average molecular weight is 489 g/mol. The second kappa shape index (κ2) is 12.9. The highest BCUT2D eigenvalue weighted by Crippen LogP contribution is 2.06. The quantitative estimate of drug-likeness (QED) is 0.304. The second-order valence-corrected chi connectivity index (χ2v) is 6.43. The number of hydrogen-bond acceptors (Lipinski definition) is 4. The molecule has 1 aromatic carbocycles. The van der Waals surface area contributed by atoms with Gasteiger partial charge in [-0.1, -0.05) is 12.1 Å². The Morgan fingerprint density at radius 1 is 1.37 bits per heavy atom. The number of halogens is 1. The molecule has 152 valence electrons. The standard InChI is InChI=1S/C19H31N5O2.HI/c1-4-21-19(23-13-17-14-24(3)10-11-26-17)22-9-8-15-6-5-7-16(12-15)18(25)20-2;/h5-7,12,17H,4,8-11,13-14H2,1-3H3,(H,20,25)(H2,21,22,23);1H. The van der Waals surface area contributed by atoms with Crippen molar-refractivity contribution in [1.29, 1.82) is 0 Å². The molecule has 0 aliphatic carbocycles. The van der Waals surface area contributed by atoms with Crippen LogP contribution < -0.4 is 16.0 Å². The fourth-order valence-electron chi connectivity index (χ4n) is 2.85. The molecule has 3 N–H and O–H groups in total. The number of rotatable bonds is 7. The molecule has 7 nitrogen and oxygen atoms in total. The van der Waals surface area contributed by atoms with Gasteiger partial charge >= 0.3 is 0 Å². The normalized spacial score (nSPS) is 17.7. The molecule has 1 fully saturated rings. The number of likely N-dealkylation sites (N-methyl/N-ethyl adjacent to an activating group) is 1. The first kappa shape index (κ1) is 23.6. The molecular weight excluding hydrogens is 457 g/mol. The summed E-state index contributed by atoms with van der Waals surface area (Å²) in [4.78, 5) is 18.6. The largest absolute Gasteiger partial charge is 0.374 e. The molecule has 1 aliphatic rings. The number of guanidine groups is 1. The van der Waals surface area contributed by atoms with E-state index in [0.717, 1.165) is 50.7 Å². The van der Waals surface area contributed by atoms with Gasteiger partial charge in [0.2, 0.25) is 0 Å². The summed E-state index contributed by atoms with van der Waals surface area (Å²) in [6, 6.07) is 7.69. The molecule has 0 saturated carbocycles. The van der Waals surface area contributed by atoms with E-state index in [2.05, 4.69) is 39.8 Å². The van der Waals surface area contributed by atoms with Gasteiger partial charge in [0.1, 0.15) is 0 Å². The Kier molecular flexibility index (Phi) is 11.3. The van der Waals surface area contributed by atoms with Crippen LogP contribution in [0.5, 0.6) is 0 Å². The maximum Gasteiger partial charge on any atom is 0.251 e. The number of benzene rings is 1. The minimum atomic E-state index is -0.0628. The summed E-state index contributed by atoms with van der Waals surface area (Å²) in [5, 5.41) is 9.27. The first-order valence-corrected chi connectivity index (χ1v) is 9.25. The molecule has 1 heterocycles. The second-order valence-electron chi connectivity index (χ2n) is 6.43. The van der Waals surface area contributed by atoms with Gasteiger partial charge in [0.25, 0.3) is 5.91 Å². The van der Waals surface area contributed by atoms with E-state index in [9.17, 15) is 4.79 Å². The Balaban J connectivity index is 0.00000364. The lowest BCUT2D eigenvalue weighted by molar-refractivity contribution is -0.0136. The van der Waals surface area contributed by atoms with Gasteiger partial charge in [0.15, 0.2) is 5.96 Å². The van der Waals surface area contributed by atoms with Gasteiger partial charge in [0, 0.05) is 38.8 Å². The molecule has 0 aromatic heterocycles. The lowest BCUT2D eigenvalue weighted by Crippen LogP contribution is -2.43. The molecule has 27 heavy (non-hydrogen) atoms. The molecule has 0 radical (unpaired) electrons. The first-order valence-electron chi connectivity index (χ1n) is 9.25. The van der Waals surface area contributed by atoms with Crippen molar-refractivity contribution in [2.75, 3.05) is 53.4 Å². The number of carbonyl (C=O) groups excluding carboxylic acids is 1. The molecule has 8 heteroatoms. The number of carbonyl (C=O) groups is 1. The third kappa shape index (κ3) is 8.44. The van der Waals surface area contributed by atoms with Crippen LogP contribution in [-0.4, -0.2) is 76.3 Å². The van der Waals surface area contributed by atoms with Gasteiger partial charge in [-0.25, -0.2) is 0 Å². The summed E-state index contributed by atoms with van der Waals surface area (Å²) >= 11 is 0. The highest BCUT2D eigenvalue weighted by Gasteiger charge is 2.17. The summed E-state index contributed by atoms with van der Waals surface area (Å²) in [6.45, 7) is 6.91. The number of amides is 1. The minimum absolute atomic E-state index is 0. The maximum atomic E-state index is 11.7. The van der Waals surface area contributed by atoms with E-state index in [0.29, 0.717) is 12.1 Å². The lowest BCUT2D eigenvalue weighted by Gasteiger charge is -2.29. The maximum absolute atomic E-state index is 11.7. The van der Waals surface area contributed by atoms with Gasteiger partial charge in [-0.15, -0.1) is 24.0 Å². The van der Waals surface area contributed by atoms with E-state index in [-0.39, 0.29) is 36.0 Å². The van der Waals surface area contributed by atoms with Gasteiger partial charge < -0.3 is 25.6 Å². The van der Waals surface area contributed by atoms with Crippen LogP contribution in [-0.2, 0) is 11.2 Å². The fourth-order valence-corrected chi connectivity index (χ4v) is 2.85. The van der Waals surface area contributed by atoms with Crippen molar-refractivity contribution in [3.05, 3.63) is 35.4 Å². The molecule has 1 aromatic rings. The Morgan fingerprint density at radius 3 is 2.89 bits per heavy atom. The molecule has 1 atom stereocenters. The van der Waals surface area contributed by atoms with E-state index >= 15 is 0 Å². The van der Waals surface area contributed by atoms with Crippen LogP contribution in [0.4, 0.5) is 0 Å². The van der Waals surface area contributed by atoms with Gasteiger partial charge in [-0.3, -0.25) is 9.79 Å². The van der Waals surface area contributed by atoms with Crippen LogP contribution >= 0.6 is 24.0 Å². The van der Waals surface area contributed by atoms with Gasteiger partial charge in [0.05, 0.1) is 19.3 Å². The molecule has 1 amide bonds. The summed E-state index contributed by atoms with van der Waals surface area (Å²) in [5.41, 5.74) is 1.80. The zero-order valence-corrected chi connectivity index (χ0v) is 18.8. The summed E-state index contributed by atoms with van der Waals surface area (Å²) in [5.74, 6) is 0.735. The topological polar surface area (TPSA) is 78.0 Å². The van der Waals surface area contributed by atoms with Crippen LogP contribution in [0.25, 0.3) is 0 Å². The molecular formula is C19H32IN5O2. The predicted molar refractivity (Wildman–Crippen MR) is 120 cm³/mol. The molecule has 0 bridgehead atoms. The van der Waals surface area contributed by atoms with Crippen molar-refractivity contribution in [3.63, 3.8) is 0 Å². The molecule has 0 spiro atoms. The SMILES string of the molecule is CCNC(=NCC1CN(C)CCO1)NCCc1cccc(C(=O)NC)c1.I. The van der Waals surface area contributed by atoms with Crippen molar-refractivity contribution >= 4 is 35.8 Å². The van der Waals surface area contributed by atoms with E-state index in [1.165, 1.54) is 0 Å². The van der Waals surface area contributed by atoms with Gasteiger partial charge in [-0.2, -0.15) is 0 Å². The highest BCUT2D eigenvalue weighted by molar-refractivity contribution is 14.0. The van der Waals surface area contributed by atoms with Crippen LogP contribution in [0.1, 0.15) is 22.8 Å². The molecule has 1 aliphatic heterocycles. The number of aliphatic imine (C=N–C) groups is 1. The molecule has 1 unspecified atom stereocenters. The Labute approximate surface area is 179 Å². The van der Waals surface area contributed by atoms with Crippen molar-refractivity contribution in [2.24, 2.45) is 4.99 Å². The third-order valence-corrected chi connectivity index (χ3v) is 4.26. The lowest BCUT2D eigenvalue weighted by atomic mass is 10.1. The van der Waals surface area contributed by atoms with Crippen molar-refractivity contribution in [1.82, 2.24) is 20.9 Å². The Morgan fingerprint density at radius 2 is 2.19 bits per heavy atom. The van der Waals surface area contributed by atoms with Crippen molar-refractivity contribution in [3.8, 4) is 0 Å². The number of morpholine rings is 1. The van der Waals surface area contributed by atoms with E-state index in [4.69, 9.17) is 4.74 Å². The number of hydrogen-bond donors (Lipinski definition) is 3. The predicted octanol–water partition coefficient (Wildman–Crippen LogP) is 1.09. The van der Waals surface area contributed by atoms with Crippen LogP contribution in [0, 0.1) is 0 Å². The van der Waals surface area contributed by atoms with E-state index < -0.39 is 0 Å². The third-order valence-electron chi connectivity index (χ3n) is 4.26. The fraction of sp³-hybridized carbons (Fsp3) is 0.579. The smallest absolute Gasteiger partial charge is 0.251 e. The summed E-state index contributed by atoms with van der Waals surface area (Å²) in [7, 11) is 3.75. The molecule has 1 saturated heterocycles. The van der Waals surface area contributed by atoms with Crippen LogP contribution in [0.2, 0.25) is 0 Å². The molecule has 2 rings (SSSR count). The highest BCUT2D eigenvalue weighted by atomic mass is 127. The van der Waals surface area contributed by atoms with E-state index in [1.807, 2.05) is 24.3 Å². The minimum Gasteiger partial charge on any atom is -0.374 e. The monoisotopic (exact) mass is 489 g/mol. The number of nitrogens with zero attached hydrogens (tertiary/aromatic N) is 2. The summed E-state index contributed by atoms with van der Waals surface area (Å²) < 4.78 is 5.75. The Bertz CT molecular complexity index is 612. The average Bonchev–Trinajstić information content (AvgIpc) is 2.66.